The highest BCUT2D eigenvalue weighted by Gasteiger charge is 2.28. The second-order valence-electron chi connectivity index (χ2n) is 16.2. The van der Waals surface area contributed by atoms with E-state index in [0.717, 1.165) is 30.9 Å². The van der Waals surface area contributed by atoms with Gasteiger partial charge >= 0.3 is 6.09 Å². The third kappa shape index (κ3) is 15.8. The van der Waals surface area contributed by atoms with Gasteiger partial charge in [-0.1, -0.05) is 109 Å². The number of amides is 5. The number of rotatable bonds is 27. The van der Waals surface area contributed by atoms with Gasteiger partial charge in [0.25, 0.3) is 34.4 Å². The first-order valence-electron chi connectivity index (χ1n) is 23.3. The van der Waals surface area contributed by atoms with Crippen LogP contribution in [-0.2, 0) is 24.6 Å². The minimum atomic E-state index is -1.22. The Hall–Kier alpha value is -8.94. The minimum Gasteiger partial charge on any atom is -0.465 e. The smallest absolute Gasteiger partial charge is 0.404 e. The van der Waals surface area contributed by atoms with Crippen LogP contribution in [0.25, 0.3) is 0 Å². The fourth-order valence-corrected chi connectivity index (χ4v) is 7.31. The standard InChI is InChI=1S/C52H56N8O12/c61-45-27-12-24-42(58(45)70-35-38-17-4-1-5-18-38)48(64)53-31-15-33-57(34-16-32-54-49(65)43-25-13-28-46(62)59(43)71-36-39-19-6-2-7-20-39)51(67)41(23-10-11-30-55-52(68)69)56-50(66)44-26-14-29-47(63)60(44)72-37-40-21-8-3-9-22-40/h1-9,12-14,17-22,24-29,41,55H,10-11,15-16,23,30-37H2,(H,53,64)(H,54,65)(H,56,66)(H,68,69). The number of unbranched alkanes of at least 4 members (excludes halogenated alkanes) is 1. The lowest BCUT2D eigenvalue weighted by Crippen LogP contribution is -2.50. The lowest BCUT2D eigenvalue weighted by molar-refractivity contribution is -0.133. The topological polar surface area (TPSA) is 251 Å². The van der Waals surface area contributed by atoms with Crippen LogP contribution in [0.3, 0.4) is 0 Å². The number of pyridine rings is 3. The maximum atomic E-state index is 14.7. The van der Waals surface area contributed by atoms with Crippen molar-refractivity contribution in [3.8, 4) is 0 Å². The molecule has 0 saturated heterocycles. The molecule has 6 rings (SSSR count). The summed E-state index contributed by atoms with van der Waals surface area (Å²) in [5, 5.41) is 19.7. The van der Waals surface area contributed by atoms with Crippen molar-refractivity contribution < 1.29 is 43.6 Å². The molecule has 6 aromatic rings. The molecule has 20 heteroatoms. The summed E-state index contributed by atoms with van der Waals surface area (Å²) in [4.78, 5) is 124. The first-order valence-corrected chi connectivity index (χ1v) is 23.3. The molecule has 1 atom stereocenters. The Kier molecular flexibility index (Phi) is 19.9. The summed E-state index contributed by atoms with van der Waals surface area (Å²) < 4.78 is 2.67. The van der Waals surface area contributed by atoms with Crippen molar-refractivity contribution in [2.45, 2.75) is 58.0 Å². The van der Waals surface area contributed by atoms with Crippen molar-refractivity contribution in [1.82, 2.24) is 40.4 Å². The Balaban J connectivity index is 1.18. The molecular weight excluding hydrogens is 929 g/mol. The second-order valence-corrected chi connectivity index (χ2v) is 16.2. The van der Waals surface area contributed by atoms with E-state index in [4.69, 9.17) is 19.6 Å². The Bertz CT molecular complexity index is 2810. The van der Waals surface area contributed by atoms with Gasteiger partial charge < -0.3 is 45.8 Å². The van der Waals surface area contributed by atoms with Crippen LogP contribution in [0, 0.1) is 0 Å². The SMILES string of the molecule is O=C(O)NCCCCC(NC(=O)c1cccc(=O)n1OCc1ccccc1)C(=O)N(CCCNC(=O)c1cccc(=O)n1OCc1ccccc1)CCCNC(=O)c1cccc(=O)n1OCc1ccccc1. The zero-order valence-electron chi connectivity index (χ0n) is 39.4. The van der Waals surface area contributed by atoms with Crippen LogP contribution in [0.15, 0.2) is 160 Å². The first-order chi connectivity index (χ1) is 35.0. The molecule has 5 amide bonds. The number of benzene rings is 3. The van der Waals surface area contributed by atoms with Crippen molar-refractivity contribution in [2.24, 2.45) is 0 Å². The molecule has 3 aromatic carbocycles. The van der Waals surface area contributed by atoms with Crippen molar-refractivity contribution in [1.29, 1.82) is 0 Å². The van der Waals surface area contributed by atoms with E-state index < -0.39 is 52.4 Å². The van der Waals surface area contributed by atoms with Gasteiger partial charge in [0.05, 0.1) is 0 Å². The molecule has 0 bridgehead atoms. The highest BCUT2D eigenvalue weighted by Crippen LogP contribution is 2.11. The highest BCUT2D eigenvalue weighted by molar-refractivity contribution is 5.96. The van der Waals surface area contributed by atoms with E-state index in [2.05, 4.69) is 21.3 Å². The molecule has 0 saturated carbocycles. The lowest BCUT2D eigenvalue weighted by atomic mass is 10.1. The van der Waals surface area contributed by atoms with Gasteiger partial charge in [0.1, 0.15) is 42.9 Å². The molecule has 3 aromatic heterocycles. The van der Waals surface area contributed by atoms with E-state index in [0.29, 0.717) is 12.8 Å². The van der Waals surface area contributed by atoms with Gasteiger partial charge in [0.2, 0.25) is 5.91 Å². The maximum absolute atomic E-state index is 14.7. The third-order valence-electron chi connectivity index (χ3n) is 10.9. The van der Waals surface area contributed by atoms with Gasteiger partial charge in [0.15, 0.2) is 0 Å². The van der Waals surface area contributed by atoms with Crippen LogP contribution < -0.4 is 52.5 Å². The number of carbonyl (C=O) groups is 5. The number of aromatic nitrogens is 3. The van der Waals surface area contributed by atoms with Crippen LogP contribution in [-0.4, -0.2) is 92.7 Å². The Morgan fingerprint density at radius 3 is 1.22 bits per heavy atom. The van der Waals surface area contributed by atoms with Crippen molar-refractivity contribution in [3.05, 3.63) is 210 Å². The summed E-state index contributed by atoms with van der Waals surface area (Å²) in [5.74, 6) is -2.57. The molecule has 20 nitrogen and oxygen atoms in total. The quantitative estimate of drug-likeness (QED) is 0.0468. The van der Waals surface area contributed by atoms with E-state index in [1.807, 2.05) is 66.7 Å². The fourth-order valence-electron chi connectivity index (χ4n) is 7.31. The second kappa shape index (κ2) is 27.3. The molecule has 376 valence electrons. The van der Waals surface area contributed by atoms with E-state index in [1.54, 1.807) is 24.3 Å². The largest absolute Gasteiger partial charge is 0.465 e. The summed E-state index contributed by atoms with van der Waals surface area (Å²) in [6, 6.07) is 38.3. The van der Waals surface area contributed by atoms with Crippen LogP contribution >= 0.6 is 0 Å². The molecule has 0 fully saturated rings. The number of carbonyl (C=O) groups excluding carboxylic acids is 4. The normalized spacial score (nSPS) is 11.1. The van der Waals surface area contributed by atoms with Crippen LogP contribution in [0.4, 0.5) is 4.79 Å². The van der Waals surface area contributed by atoms with E-state index >= 15 is 0 Å². The summed E-state index contributed by atoms with van der Waals surface area (Å²) in [6.07, 6.45) is -0.172. The summed E-state index contributed by atoms with van der Waals surface area (Å²) in [6.45, 7) is 0.209. The van der Waals surface area contributed by atoms with E-state index in [1.165, 1.54) is 59.5 Å². The lowest BCUT2D eigenvalue weighted by Gasteiger charge is -2.28. The highest BCUT2D eigenvalue weighted by atomic mass is 16.7. The van der Waals surface area contributed by atoms with Gasteiger partial charge in [-0.25, -0.2) is 4.79 Å². The molecule has 72 heavy (non-hydrogen) atoms. The summed E-state index contributed by atoms with van der Waals surface area (Å²) in [5.41, 5.74) is 0.259. The van der Waals surface area contributed by atoms with Crippen molar-refractivity contribution >= 4 is 29.7 Å². The first kappa shape index (κ1) is 52.4. The average Bonchev–Trinajstić information content (AvgIpc) is 3.39. The zero-order valence-corrected chi connectivity index (χ0v) is 39.4. The van der Waals surface area contributed by atoms with Gasteiger partial charge in [-0.05, 0) is 67.0 Å². The Labute approximate surface area is 413 Å². The number of carboxylic acid groups (broad SMARTS) is 1. The van der Waals surface area contributed by atoms with Gasteiger partial charge in [-0.15, -0.1) is 14.2 Å². The summed E-state index contributed by atoms with van der Waals surface area (Å²) >= 11 is 0. The molecule has 0 radical (unpaired) electrons. The number of nitrogens with zero attached hydrogens (tertiary/aromatic N) is 4. The van der Waals surface area contributed by atoms with Gasteiger partial charge in [-0.2, -0.15) is 0 Å². The Morgan fingerprint density at radius 1 is 0.458 bits per heavy atom. The molecule has 5 N–H and O–H groups in total. The minimum absolute atomic E-state index is 0.0203. The third-order valence-corrected chi connectivity index (χ3v) is 10.9. The molecule has 3 heterocycles. The summed E-state index contributed by atoms with van der Waals surface area (Å²) in [7, 11) is 0. The predicted molar refractivity (Wildman–Crippen MR) is 264 cm³/mol. The monoisotopic (exact) mass is 984 g/mol. The van der Waals surface area contributed by atoms with Crippen molar-refractivity contribution in [3.63, 3.8) is 0 Å². The molecule has 1 unspecified atom stereocenters. The predicted octanol–water partition coefficient (Wildman–Crippen LogP) is 3.06. The van der Waals surface area contributed by atoms with E-state index in [9.17, 15) is 38.4 Å². The molecule has 0 spiro atoms. The van der Waals surface area contributed by atoms with E-state index in [-0.39, 0.29) is 88.9 Å². The molecule has 0 aliphatic carbocycles. The maximum Gasteiger partial charge on any atom is 0.404 e. The Morgan fingerprint density at radius 2 is 0.833 bits per heavy atom. The zero-order chi connectivity index (χ0) is 51.1. The number of hydrogen-bond acceptors (Lipinski definition) is 11. The number of nitrogens with one attached hydrogen (secondary N) is 4. The number of hydrogen-bond donors (Lipinski definition) is 5. The van der Waals surface area contributed by atoms with Crippen molar-refractivity contribution in [2.75, 3.05) is 32.7 Å². The van der Waals surface area contributed by atoms with Gasteiger partial charge in [-0.3, -0.25) is 33.6 Å². The van der Waals surface area contributed by atoms with Crippen LogP contribution in [0.2, 0.25) is 0 Å². The molecule has 0 aliphatic heterocycles. The van der Waals surface area contributed by atoms with Gasteiger partial charge in [0, 0.05) is 50.9 Å². The van der Waals surface area contributed by atoms with Crippen LogP contribution in [0.1, 0.15) is 80.3 Å². The molecular formula is C52H56N8O12. The fraction of sp³-hybridized carbons (Fsp3) is 0.269. The average molecular weight is 985 g/mol. The van der Waals surface area contributed by atoms with Crippen LogP contribution in [0.5, 0.6) is 0 Å². The molecule has 0 aliphatic rings.